The highest BCUT2D eigenvalue weighted by molar-refractivity contribution is 7.80. The lowest BCUT2D eigenvalue weighted by molar-refractivity contribution is -0.143. The van der Waals surface area contributed by atoms with Gasteiger partial charge >= 0.3 is 5.97 Å². The van der Waals surface area contributed by atoms with E-state index in [0.717, 1.165) is 6.54 Å². The lowest BCUT2D eigenvalue weighted by atomic mass is 9.89. The Morgan fingerprint density at radius 3 is 2.69 bits per heavy atom. The number of thiocarbonyl (C=S) groups is 1. The molecule has 1 aliphatic rings. The first-order valence-electron chi connectivity index (χ1n) is 5.56. The molecule has 0 unspecified atom stereocenters. The highest BCUT2D eigenvalue weighted by Gasteiger charge is 2.13. The van der Waals surface area contributed by atoms with E-state index in [1.807, 2.05) is 0 Å². The van der Waals surface area contributed by atoms with Crippen LogP contribution in [0.4, 0.5) is 0 Å². The van der Waals surface area contributed by atoms with Gasteiger partial charge in [-0.1, -0.05) is 19.3 Å². The molecular weight excluding hydrogens is 228 g/mol. The van der Waals surface area contributed by atoms with Gasteiger partial charge in [0.05, 0.1) is 0 Å². The van der Waals surface area contributed by atoms with Crippen LogP contribution in [0.15, 0.2) is 0 Å². The van der Waals surface area contributed by atoms with Crippen LogP contribution in [0, 0.1) is 5.92 Å². The molecule has 92 valence electrons. The highest BCUT2D eigenvalue weighted by atomic mass is 32.1. The number of aliphatic carboxylic acids is 1. The van der Waals surface area contributed by atoms with Crippen molar-refractivity contribution in [3.63, 3.8) is 0 Å². The Labute approximate surface area is 100 Å². The van der Waals surface area contributed by atoms with Crippen molar-refractivity contribution >= 4 is 23.3 Å². The van der Waals surface area contributed by atoms with E-state index in [1.54, 1.807) is 0 Å². The predicted octanol–water partition coefficient (Wildman–Crippen LogP) is 1.05. The maximum Gasteiger partial charge on any atom is 0.332 e. The molecule has 1 fully saturated rings. The van der Waals surface area contributed by atoms with Crippen LogP contribution in [0.5, 0.6) is 0 Å². The molecule has 3 N–H and O–H groups in total. The molecule has 0 aliphatic heterocycles. The maximum atomic E-state index is 10.2. The fraction of sp³-hybridized carbons (Fsp3) is 0.800. The minimum Gasteiger partial charge on any atom is -0.479 e. The Balaban J connectivity index is 2.02. The van der Waals surface area contributed by atoms with Crippen molar-refractivity contribution < 1.29 is 14.7 Å². The molecule has 1 aliphatic carbocycles. The molecule has 16 heavy (non-hydrogen) atoms. The highest BCUT2D eigenvalue weighted by Crippen LogP contribution is 2.22. The molecule has 1 rings (SSSR count). The van der Waals surface area contributed by atoms with Crippen molar-refractivity contribution in [2.75, 3.05) is 13.2 Å². The van der Waals surface area contributed by atoms with Crippen LogP contribution < -0.4 is 10.8 Å². The van der Waals surface area contributed by atoms with E-state index in [4.69, 9.17) is 17.3 Å². The molecule has 0 saturated heterocycles. The lowest BCUT2D eigenvalue weighted by Gasteiger charge is -2.22. The summed E-state index contributed by atoms with van der Waals surface area (Å²) in [5.74, 6) is -0.351. The number of carboxylic acid groups (broad SMARTS) is 1. The van der Waals surface area contributed by atoms with Crippen molar-refractivity contribution in [3.05, 3.63) is 0 Å². The van der Waals surface area contributed by atoms with Crippen LogP contribution in [0.2, 0.25) is 0 Å². The second-order valence-electron chi connectivity index (χ2n) is 4.00. The van der Waals surface area contributed by atoms with Gasteiger partial charge < -0.3 is 10.4 Å². The van der Waals surface area contributed by atoms with Crippen molar-refractivity contribution in [2.24, 2.45) is 5.92 Å². The van der Waals surface area contributed by atoms with Gasteiger partial charge in [-0.15, -0.1) is 0 Å². The first-order valence-corrected chi connectivity index (χ1v) is 5.96. The number of carbonyl (C=O) groups is 1. The molecular formula is C10H18N2O3S. The zero-order valence-electron chi connectivity index (χ0n) is 9.20. The minimum absolute atomic E-state index is 0.354. The number of carboxylic acids is 1. The van der Waals surface area contributed by atoms with Gasteiger partial charge in [-0.05, 0) is 31.0 Å². The summed E-state index contributed by atoms with van der Waals surface area (Å²) < 4.78 is 0. The molecule has 5 nitrogen and oxygen atoms in total. The summed E-state index contributed by atoms with van der Waals surface area (Å²) >= 11 is 4.93. The largest absolute Gasteiger partial charge is 0.479 e. The Morgan fingerprint density at radius 1 is 1.38 bits per heavy atom. The second kappa shape index (κ2) is 7.40. The molecule has 0 spiro atoms. The van der Waals surface area contributed by atoms with Crippen LogP contribution in [-0.2, 0) is 9.63 Å². The van der Waals surface area contributed by atoms with E-state index in [2.05, 4.69) is 15.6 Å². The molecule has 0 aromatic carbocycles. The van der Waals surface area contributed by atoms with E-state index in [1.165, 1.54) is 32.1 Å². The predicted molar refractivity (Wildman–Crippen MR) is 63.9 cm³/mol. The number of rotatable bonds is 5. The molecule has 0 atom stereocenters. The van der Waals surface area contributed by atoms with Crippen molar-refractivity contribution in [1.29, 1.82) is 0 Å². The average molecular weight is 246 g/mol. The van der Waals surface area contributed by atoms with Crippen LogP contribution >= 0.6 is 12.2 Å². The minimum atomic E-state index is -1.03. The third-order valence-electron chi connectivity index (χ3n) is 2.64. The number of nitrogens with one attached hydrogen (secondary N) is 2. The summed E-state index contributed by atoms with van der Waals surface area (Å²) in [6.45, 7) is 0.438. The summed E-state index contributed by atoms with van der Waals surface area (Å²) in [6.07, 6.45) is 6.40. The van der Waals surface area contributed by atoms with Gasteiger partial charge in [0, 0.05) is 6.54 Å². The van der Waals surface area contributed by atoms with Crippen molar-refractivity contribution in [2.45, 2.75) is 32.1 Å². The van der Waals surface area contributed by atoms with Gasteiger partial charge in [-0.25, -0.2) is 10.3 Å². The fourth-order valence-electron chi connectivity index (χ4n) is 1.83. The number of hydroxylamine groups is 1. The van der Waals surface area contributed by atoms with Gasteiger partial charge in [0.25, 0.3) is 0 Å². The van der Waals surface area contributed by atoms with Crippen molar-refractivity contribution in [3.8, 4) is 0 Å². The van der Waals surface area contributed by atoms with Crippen LogP contribution in [0.3, 0.4) is 0 Å². The Kier molecular flexibility index (Phi) is 6.10. The van der Waals surface area contributed by atoms with E-state index in [0.29, 0.717) is 11.0 Å². The standard InChI is InChI=1S/C10H18N2O3S/c13-9(14)7-15-12-10(16)11-6-8-4-2-1-3-5-8/h8H,1-7H2,(H,13,14)(H2,11,12,16). The third-order valence-corrected chi connectivity index (χ3v) is 2.86. The Morgan fingerprint density at radius 2 is 2.06 bits per heavy atom. The third kappa shape index (κ3) is 5.87. The van der Waals surface area contributed by atoms with Gasteiger partial charge in [0.1, 0.15) is 0 Å². The number of hydrogen-bond acceptors (Lipinski definition) is 3. The first kappa shape index (κ1) is 13.2. The molecule has 0 radical (unpaired) electrons. The van der Waals surface area contributed by atoms with E-state index in [9.17, 15) is 4.79 Å². The quantitative estimate of drug-likeness (QED) is 0.497. The van der Waals surface area contributed by atoms with Gasteiger partial charge in [0.2, 0.25) is 0 Å². The topological polar surface area (TPSA) is 70.6 Å². The summed E-state index contributed by atoms with van der Waals surface area (Å²) in [5, 5.41) is 11.7. The normalized spacial score (nSPS) is 16.8. The number of hydrogen-bond donors (Lipinski definition) is 3. The molecule has 0 aromatic heterocycles. The summed E-state index contributed by atoms with van der Waals surface area (Å²) in [4.78, 5) is 14.8. The second-order valence-corrected chi connectivity index (χ2v) is 4.41. The molecule has 0 aromatic rings. The van der Waals surface area contributed by atoms with Gasteiger partial charge in [-0.2, -0.15) is 0 Å². The van der Waals surface area contributed by atoms with Gasteiger partial charge in [0.15, 0.2) is 11.7 Å². The van der Waals surface area contributed by atoms with Crippen LogP contribution in [0.25, 0.3) is 0 Å². The zero-order valence-corrected chi connectivity index (χ0v) is 10.0. The lowest BCUT2D eigenvalue weighted by Crippen LogP contribution is -2.39. The zero-order chi connectivity index (χ0) is 11.8. The molecule has 0 amide bonds. The average Bonchev–Trinajstić information content (AvgIpc) is 2.27. The molecule has 6 heteroatoms. The van der Waals surface area contributed by atoms with Crippen molar-refractivity contribution in [1.82, 2.24) is 10.8 Å². The summed E-state index contributed by atoms with van der Waals surface area (Å²) in [6, 6.07) is 0. The van der Waals surface area contributed by atoms with E-state index in [-0.39, 0.29) is 0 Å². The first-order chi connectivity index (χ1) is 7.68. The molecule has 1 saturated carbocycles. The summed E-state index contributed by atoms with van der Waals surface area (Å²) in [5.41, 5.74) is 2.39. The van der Waals surface area contributed by atoms with Crippen LogP contribution in [0.1, 0.15) is 32.1 Å². The van der Waals surface area contributed by atoms with E-state index >= 15 is 0 Å². The Hall–Kier alpha value is -0.880. The SMILES string of the molecule is O=C(O)CONC(=S)NCC1CCCCC1. The molecule has 0 heterocycles. The summed E-state index contributed by atoms with van der Waals surface area (Å²) in [7, 11) is 0. The smallest absolute Gasteiger partial charge is 0.332 e. The van der Waals surface area contributed by atoms with E-state index < -0.39 is 12.6 Å². The van der Waals surface area contributed by atoms with Gasteiger partial charge in [-0.3, -0.25) is 4.84 Å². The monoisotopic (exact) mass is 246 g/mol. The fourth-order valence-corrected chi connectivity index (χ4v) is 1.97. The van der Waals surface area contributed by atoms with Crippen LogP contribution in [-0.4, -0.2) is 29.3 Å². The maximum absolute atomic E-state index is 10.2. The molecule has 0 bridgehead atoms. The Bertz CT molecular complexity index is 242.